The van der Waals surface area contributed by atoms with Gasteiger partial charge in [0.2, 0.25) is 0 Å². The molecule has 0 aromatic heterocycles. The molecule has 0 bridgehead atoms. The van der Waals surface area contributed by atoms with Crippen molar-refractivity contribution < 1.29 is 0 Å². The van der Waals surface area contributed by atoms with Crippen LogP contribution in [0.2, 0.25) is 0 Å². The first-order chi connectivity index (χ1) is 16.4. The summed E-state index contributed by atoms with van der Waals surface area (Å²) in [6, 6.07) is 34.0. The van der Waals surface area contributed by atoms with Crippen molar-refractivity contribution in [1.82, 2.24) is 0 Å². The predicted octanol–water partition coefficient (Wildman–Crippen LogP) is 9.26. The number of rotatable bonds is 16. The van der Waals surface area contributed by atoms with Crippen LogP contribution in [0, 0.1) is 0 Å². The molecule has 34 heavy (non-hydrogen) atoms. The summed E-state index contributed by atoms with van der Waals surface area (Å²) in [4.78, 5) is 0. The first-order valence-electron chi connectivity index (χ1n) is 13.4. The van der Waals surface area contributed by atoms with Gasteiger partial charge >= 0.3 is 0 Å². The van der Waals surface area contributed by atoms with Crippen molar-refractivity contribution in [2.45, 2.75) is 84.0 Å². The van der Waals surface area contributed by atoms with Crippen molar-refractivity contribution in [3.63, 3.8) is 0 Å². The third-order valence-electron chi connectivity index (χ3n) is 6.94. The van der Waals surface area contributed by atoms with Crippen molar-refractivity contribution in [2.75, 3.05) is 6.16 Å². The number of unbranched alkanes of at least 4 members (excludes halogenated alkanes) is 11. The quantitative estimate of drug-likeness (QED) is 0.125. The van der Waals surface area contributed by atoms with Crippen LogP contribution >= 0.6 is 24.2 Å². The molecule has 0 unspecified atom stereocenters. The van der Waals surface area contributed by atoms with Gasteiger partial charge < -0.3 is 0 Å². The zero-order valence-electron chi connectivity index (χ0n) is 21.2. The lowest BCUT2D eigenvalue weighted by Crippen LogP contribution is -2.33. The Labute approximate surface area is 220 Å². The summed E-state index contributed by atoms with van der Waals surface area (Å²) in [6.45, 7) is 2.30. The molecule has 0 fully saturated rings. The van der Waals surface area contributed by atoms with E-state index >= 15 is 0 Å². The first-order valence-corrected chi connectivity index (χ1v) is 15.4. The summed E-state index contributed by atoms with van der Waals surface area (Å²) in [7, 11) is -1.63. The molecule has 184 valence electrons. The van der Waals surface area contributed by atoms with E-state index in [0.29, 0.717) is 0 Å². The maximum absolute atomic E-state index is 2.37. The van der Waals surface area contributed by atoms with Gasteiger partial charge in [0, 0.05) is 0 Å². The van der Waals surface area contributed by atoms with Gasteiger partial charge in [-0.15, -0.1) is 17.0 Å². The van der Waals surface area contributed by atoms with Gasteiger partial charge in [0.15, 0.2) is 0 Å². The molecule has 0 aliphatic heterocycles. The normalized spacial score (nSPS) is 11.2. The highest BCUT2D eigenvalue weighted by Crippen LogP contribution is 2.55. The molecule has 0 aliphatic rings. The van der Waals surface area contributed by atoms with E-state index in [-0.39, 0.29) is 17.0 Å². The Balaban J connectivity index is 0.00000408. The molecular weight excluding hydrogens is 495 g/mol. The van der Waals surface area contributed by atoms with Crippen LogP contribution in [0.25, 0.3) is 0 Å². The molecule has 0 saturated heterocycles. The molecule has 3 rings (SSSR count). The second kappa shape index (κ2) is 17.1. The molecule has 3 aromatic carbocycles. The van der Waals surface area contributed by atoms with Gasteiger partial charge in [0.1, 0.15) is 23.2 Å². The van der Waals surface area contributed by atoms with Crippen LogP contribution in [-0.4, -0.2) is 6.16 Å². The Hall–Kier alpha value is -1.43. The Bertz CT molecular complexity index is 767. The molecule has 0 N–H and O–H groups in total. The third kappa shape index (κ3) is 8.66. The Morgan fingerprint density at radius 3 is 1.03 bits per heavy atom. The van der Waals surface area contributed by atoms with Gasteiger partial charge in [0.25, 0.3) is 0 Å². The second-order valence-corrected chi connectivity index (χ2v) is 13.0. The van der Waals surface area contributed by atoms with Crippen molar-refractivity contribution in [2.24, 2.45) is 0 Å². The molecule has 0 amide bonds. The molecule has 3 aromatic rings. The molecule has 0 nitrogen and oxygen atoms in total. The fraction of sp³-hybridized carbons (Fsp3) is 0.438. The smallest absolute Gasteiger partial charge is 0.112 e. The van der Waals surface area contributed by atoms with E-state index in [4.69, 9.17) is 0 Å². The Kier molecular flexibility index (Phi) is 14.5. The summed E-state index contributed by atoms with van der Waals surface area (Å²) in [5.41, 5.74) is 0. The van der Waals surface area contributed by atoms with Crippen LogP contribution < -0.4 is 15.9 Å². The predicted molar refractivity (Wildman–Crippen MR) is 161 cm³/mol. The zero-order valence-corrected chi connectivity index (χ0v) is 23.8. The molecule has 0 atom stereocenters. The summed E-state index contributed by atoms with van der Waals surface area (Å²) in [5.74, 6) is 0. The fourth-order valence-corrected chi connectivity index (χ4v) is 9.48. The summed E-state index contributed by atoms with van der Waals surface area (Å²) >= 11 is 0. The van der Waals surface area contributed by atoms with Gasteiger partial charge in [-0.25, -0.2) is 0 Å². The van der Waals surface area contributed by atoms with Gasteiger partial charge in [0.05, 0.1) is 6.16 Å². The topological polar surface area (TPSA) is 0 Å². The summed E-state index contributed by atoms with van der Waals surface area (Å²) < 4.78 is 0. The Morgan fingerprint density at radius 2 is 0.706 bits per heavy atom. The standard InChI is InChI=1S/C32H44P.BrH/c1-2-3-4-5-6-7-8-9-10-11-12-22-29-33(30-23-16-13-17-24-30,31-25-18-14-19-26-31)32-27-20-15-21-28-32;/h13-21,23-28H,2-12,22,29H2,1H3;1H/q+1;. The van der Waals surface area contributed by atoms with E-state index in [0.717, 1.165) is 0 Å². The van der Waals surface area contributed by atoms with E-state index in [1.54, 1.807) is 0 Å². The van der Waals surface area contributed by atoms with Gasteiger partial charge in [-0.3, -0.25) is 0 Å². The molecule has 0 spiro atoms. The van der Waals surface area contributed by atoms with E-state index in [1.807, 2.05) is 0 Å². The minimum atomic E-state index is -1.63. The van der Waals surface area contributed by atoms with Gasteiger partial charge in [-0.2, -0.15) is 0 Å². The van der Waals surface area contributed by atoms with Crippen molar-refractivity contribution in [3.05, 3.63) is 91.0 Å². The van der Waals surface area contributed by atoms with E-state index in [9.17, 15) is 0 Å². The van der Waals surface area contributed by atoms with Crippen molar-refractivity contribution >= 4 is 40.2 Å². The average Bonchev–Trinajstić information content (AvgIpc) is 2.89. The average molecular weight is 541 g/mol. The van der Waals surface area contributed by atoms with Crippen LogP contribution in [0.15, 0.2) is 91.0 Å². The maximum atomic E-state index is 2.37. The highest BCUT2D eigenvalue weighted by atomic mass is 79.9. The lowest BCUT2D eigenvalue weighted by molar-refractivity contribution is 0.548. The number of hydrogen-bond donors (Lipinski definition) is 0. The monoisotopic (exact) mass is 539 g/mol. The molecular formula is C32H45BrP+. The fourth-order valence-electron chi connectivity index (χ4n) is 5.07. The van der Waals surface area contributed by atoms with Crippen LogP contribution in [0.5, 0.6) is 0 Å². The maximum Gasteiger partial charge on any atom is 0.112 e. The van der Waals surface area contributed by atoms with Crippen LogP contribution in [0.4, 0.5) is 0 Å². The van der Waals surface area contributed by atoms with E-state index in [2.05, 4.69) is 97.9 Å². The van der Waals surface area contributed by atoms with E-state index in [1.165, 1.54) is 99.1 Å². The lowest BCUT2D eigenvalue weighted by atomic mass is 10.1. The van der Waals surface area contributed by atoms with Crippen LogP contribution in [0.3, 0.4) is 0 Å². The summed E-state index contributed by atoms with van der Waals surface area (Å²) in [5, 5.41) is 4.56. The molecule has 0 saturated carbocycles. The van der Waals surface area contributed by atoms with Crippen LogP contribution in [0.1, 0.15) is 84.0 Å². The number of hydrogen-bond acceptors (Lipinski definition) is 0. The van der Waals surface area contributed by atoms with Gasteiger partial charge in [-0.05, 0) is 49.2 Å². The van der Waals surface area contributed by atoms with Crippen LogP contribution in [-0.2, 0) is 0 Å². The molecule has 0 heterocycles. The molecule has 2 heteroatoms. The Morgan fingerprint density at radius 1 is 0.412 bits per heavy atom. The molecule has 0 aliphatic carbocycles. The highest BCUT2D eigenvalue weighted by molar-refractivity contribution is 8.93. The summed E-state index contributed by atoms with van der Waals surface area (Å²) in [6.07, 6.45) is 18.1. The largest absolute Gasteiger partial charge is 0.114 e. The van der Waals surface area contributed by atoms with Crippen molar-refractivity contribution in [1.29, 1.82) is 0 Å². The SMILES string of the molecule is Br.CCCCCCCCCCCCCC[P+](c1ccccc1)(c1ccccc1)c1ccccc1. The lowest BCUT2D eigenvalue weighted by Gasteiger charge is -2.27. The number of halogens is 1. The highest BCUT2D eigenvalue weighted by Gasteiger charge is 2.44. The zero-order chi connectivity index (χ0) is 23.0. The first kappa shape index (κ1) is 28.8. The minimum absolute atomic E-state index is 0. The third-order valence-corrected chi connectivity index (χ3v) is 11.5. The number of benzene rings is 3. The molecule has 0 radical (unpaired) electrons. The van der Waals surface area contributed by atoms with Crippen molar-refractivity contribution in [3.8, 4) is 0 Å². The van der Waals surface area contributed by atoms with Gasteiger partial charge in [-0.1, -0.05) is 126 Å². The minimum Gasteiger partial charge on any atom is -0.114 e. The van der Waals surface area contributed by atoms with E-state index < -0.39 is 7.26 Å². The second-order valence-electron chi connectivity index (χ2n) is 9.43.